The van der Waals surface area contributed by atoms with Gasteiger partial charge in [0.15, 0.2) is 5.78 Å². The Labute approximate surface area is 102 Å². The number of nitrogens with zero attached hydrogens (tertiary/aromatic N) is 2. The molecule has 94 valence electrons. The molecule has 0 spiro atoms. The van der Waals surface area contributed by atoms with Crippen molar-refractivity contribution < 1.29 is 9.53 Å². The molecule has 0 N–H and O–H groups in total. The second-order valence-corrected chi connectivity index (χ2v) is 4.50. The molecule has 1 aromatic rings. The van der Waals surface area contributed by atoms with E-state index >= 15 is 0 Å². The van der Waals surface area contributed by atoms with Gasteiger partial charge in [-0.05, 0) is 27.7 Å². The lowest BCUT2D eigenvalue weighted by atomic mass is 9.94. The summed E-state index contributed by atoms with van der Waals surface area (Å²) in [5.41, 5.74) is 0.787. The summed E-state index contributed by atoms with van der Waals surface area (Å²) in [6.45, 7) is 11.4. The number of Topliss-reactive ketones (excluding diaryl/α,β-unsaturated/α-hetero) is 1. The monoisotopic (exact) mass is 236 g/mol. The van der Waals surface area contributed by atoms with Crippen LogP contribution in [0.4, 0.5) is 0 Å². The van der Waals surface area contributed by atoms with Crippen molar-refractivity contribution in [3.8, 4) is 5.88 Å². The lowest BCUT2D eigenvalue weighted by Crippen LogP contribution is -2.37. The van der Waals surface area contributed by atoms with Crippen LogP contribution in [0.15, 0.2) is 0 Å². The van der Waals surface area contributed by atoms with Gasteiger partial charge >= 0.3 is 0 Å². The summed E-state index contributed by atoms with van der Waals surface area (Å²) in [6.07, 6.45) is 0.382. The van der Waals surface area contributed by atoms with Crippen molar-refractivity contribution in [2.24, 2.45) is 0 Å². The Balaban J connectivity index is 0.000000686. The highest BCUT2D eigenvalue weighted by molar-refractivity contribution is 6.00. The Morgan fingerprint density at radius 2 is 1.76 bits per heavy atom. The zero-order valence-corrected chi connectivity index (χ0v) is 11.4. The molecule has 2 heterocycles. The molecular weight excluding hydrogens is 216 g/mol. The summed E-state index contributed by atoms with van der Waals surface area (Å²) < 4.78 is 5.68. The van der Waals surface area contributed by atoms with Crippen molar-refractivity contribution in [1.82, 2.24) is 9.97 Å². The van der Waals surface area contributed by atoms with E-state index in [1.54, 1.807) is 6.92 Å². The number of hydrogen-bond acceptors (Lipinski definition) is 4. The lowest BCUT2D eigenvalue weighted by Gasteiger charge is -2.31. The van der Waals surface area contributed by atoms with Crippen LogP contribution in [0.25, 0.3) is 0 Å². The van der Waals surface area contributed by atoms with Gasteiger partial charge in [0.2, 0.25) is 5.88 Å². The van der Waals surface area contributed by atoms with Crippen LogP contribution in [0.3, 0.4) is 0 Å². The Morgan fingerprint density at radius 3 is 2.35 bits per heavy atom. The van der Waals surface area contributed by atoms with E-state index < -0.39 is 5.60 Å². The summed E-state index contributed by atoms with van der Waals surface area (Å²) in [5, 5.41) is 0. The zero-order chi connectivity index (χ0) is 13.2. The van der Waals surface area contributed by atoms with E-state index in [4.69, 9.17) is 4.74 Å². The average Bonchev–Trinajstić information content (AvgIpc) is 2.16. The van der Waals surface area contributed by atoms with Crippen LogP contribution < -0.4 is 4.74 Å². The maximum Gasteiger partial charge on any atom is 0.228 e. The number of ether oxygens (including phenoxy) is 1. The third-order valence-electron chi connectivity index (χ3n) is 2.41. The Hall–Kier alpha value is -1.45. The van der Waals surface area contributed by atoms with Gasteiger partial charge in [-0.2, -0.15) is 4.98 Å². The number of aryl methyl sites for hydroxylation is 2. The molecule has 1 aliphatic rings. The average molecular weight is 236 g/mol. The maximum atomic E-state index is 11.9. The number of carbonyl (C=O) groups is 1. The van der Waals surface area contributed by atoms with Gasteiger partial charge in [-0.15, -0.1) is 0 Å². The first kappa shape index (κ1) is 13.6. The van der Waals surface area contributed by atoms with Crippen LogP contribution in [0.2, 0.25) is 0 Å². The van der Waals surface area contributed by atoms with Crippen LogP contribution in [0.1, 0.15) is 56.0 Å². The Kier molecular flexibility index (Phi) is 3.86. The quantitative estimate of drug-likeness (QED) is 0.695. The van der Waals surface area contributed by atoms with Gasteiger partial charge in [0.05, 0.1) is 12.1 Å². The van der Waals surface area contributed by atoms with E-state index in [0.29, 0.717) is 29.4 Å². The molecule has 4 nitrogen and oxygen atoms in total. The van der Waals surface area contributed by atoms with Crippen molar-refractivity contribution >= 4 is 5.78 Å². The lowest BCUT2D eigenvalue weighted by molar-refractivity contribution is 0.0585. The molecular formula is C13H20N2O2. The number of hydrogen-bond donors (Lipinski definition) is 0. The minimum atomic E-state index is -0.461. The van der Waals surface area contributed by atoms with Crippen molar-refractivity contribution in [2.75, 3.05) is 0 Å². The van der Waals surface area contributed by atoms with Gasteiger partial charge in [-0.3, -0.25) is 4.79 Å². The molecule has 0 bridgehead atoms. The maximum absolute atomic E-state index is 11.9. The standard InChI is InChI=1S/C11H14N2O2.C2H6/c1-6-9-8(14)5-11(3,4)15-10(9)13-7(2)12-6;1-2/h5H2,1-4H3;1-2H3. The summed E-state index contributed by atoms with van der Waals surface area (Å²) in [5.74, 6) is 1.14. The Morgan fingerprint density at radius 1 is 1.18 bits per heavy atom. The Bertz CT molecular complexity index is 439. The summed E-state index contributed by atoms with van der Waals surface area (Å²) in [7, 11) is 0. The van der Waals surface area contributed by atoms with Crippen molar-refractivity contribution in [3.63, 3.8) is 0 Å². The molecule has 0 saturated carbocycles. The molecule has 1 aliphatic heterocycles. The molecule has 0 unspecified atom stereocenters. The van der Waals surface area contributed by atoms with Crippen LogP contribution in [0.5, 0.6) is 5.88 Å². The smallest absolute Gasteiger partial charge is 0.228 e. The summed E-state index contributed by atoms with van der Waals surface area (Å²) >= 11 is 0. The highest BCUT2D eigenvalue weighted by Gasteiger charge is 2.35. The number of fused-ring (bicyclic) bond motifs is 1. The normalized spacial score (nSPS) is 16.5. The second-order valence-electron chi connectivity index (χ2n) is 4.50. The number of carbonyl (C=O) groups excluding carboxylic acids is 1. The third kappa shape index (κ3) is 2.81. The van der Waals surface area contributed by atoms with Gasteiger partial charge in [0.1, 0.15) is 17.0 Å². The van der Waals surface area contributed by atoms with Gasteiger partial charge in [-0.25, -0.2) is 4.98 Å². The third-order valence-corrected chi connectivity index (χ3v) is 2.41. The van der Waals surface area contributed by atoms with E-state index in [9.17, 15) is 4.79 Å². The van der Waals surface area contributed by atoms with E-state index in [0.717, 1.165) is 0 Å². The predicted octanol–water partition coefficient (Wildman–Crippen LogP) is 2.86. The van der Waals surface area contributed by atoms with Gasteiger partial charge in [0, 0.05) is 0 Å². The van der Waals surface area contributed by atoms with E-state index in [2.05, 4.69) is 9.97 Å². The molecule has 0 fully saturated rings. The van der Waals surface area contributed by atoms with Gasteiger partial charge in [-0.1, -0.05) is 13.8 Å². The number of rotatable bonds is 0. The van der Waals surface area contributed by atoms with E-state index in [1.165, 1.54) is 0 Å². The molecule has 0 amide bonds. The first-order valence-corrected chi connectivity index (χ1v) is 5.96. The van der Waals surface area contributed by atoms with Crippen molar-refractivity contribution in [3.05, 3.63) is 17.1 Å². The van der Waals surface area contributed by atoms with Crippen molar-refractivity contribution in [2.45, 2.75) is 53.6 Å². The molecule has 0 saturated heterocycles. The predicted molar refractivity (Wildman–Crippen MR) is 66.5 cm³/mol. The largest absolute Gasteiger partial charge is 0.471 e. The van der Waals surface area contributed by atoms with E-state index in [1.807, 2.05) is 34.6 Å². The van der Waals surface area contributed by atoms with Gasteiger partial charge < -0.3 is 4.74 Å². The fourth-order valence-electron chi connectivity index (χ4n) is 1.85. The number of ketones is 1. The fraction of sp³-hybridized carbons (Fsp3) is 0.615. The summed E-state index contributed by atoms with van der Waals surface area (Å²) in [4.78, 5) is 20.2. The fourth-order valence-corrected chi connectivity index (χ4v) is 1.85. The molecule has 2 rings (SSSR count). The van der Waals surface area contributed by atoms with Crippen LogP contribution >= 0.6 is 0 Å². The highest BCUT2D eigenvalue weighted by Crippen LogP contribution is 2.32. The molecule has 4 heteroatoms. The van der Waals surface area contributed by atoms with Crippen molar-refractivity contribution in [1.29, 1.82) is 0 Å². The van der Waals surface area contributed by atoms with Crippen LogP contribution in [-0.4, -0.2) is 21.4 Å². The SMILES string of the molecule is CC.Cc1nc(C)c2c(n1)OC(C)(C)CC2=O. The molecule has 0 radical (unpaired) electrons. The minimum absolute atomic E-state index is 0.0683. The first-order chi connectivity index (χ1) is 7.89. The zero-order valence-electron chi connectivity index (χ0n) is 11.4. The van der Waals surface area contributed by atoms with Gasteiger partial charge in [0.25, 0.3) is 0 Å². The second kappa shape index (κ2) is 4.82. The number of aromatic nitrogens is 2. The highest BCUT2D eigenvalue weighted by atomic mass is 16.5. The molecule has 0 aromatic carbocycles. The molecule has 1 aromatic heterocycles. The topological polar surface area (TPSA) is 52.1 Å². The summed E-state index contributed by atoms with van der Waals surface area (Å²) in [6, 6.07) is 0. The molecule has 17 heavy (non-hydrogen) atoms. The van der Waals surface area contributed by atoms with Crippen LogP contribution in [0, 0.1) is 13.8 Å². The van der Waals surface area contributed by atoms with Crippen LogP contribution in [-0.2, 0) is 0 Å². The minimum Gasteiger partial charge on any atom is -0.471 e. The first-order valence-electron chi connectivity index (χ1n) is 5.96. The van der Waals surface area contributed by atoms with E-state index in [-0.39, 0.29) is 5.78 Å². The molecule has 0 aliphatic carbocycles. The molecule has 0 atom stereocenters.